The van der Waals surface area contributed by atoms with E-state index >= 15 is 0 Å². The number of benzene rings is 1. The van der Waals surface area contributed by atoms with Gasteiger partial charge in [-0.3, -0.25) is 14.4 Å². The molecule has 0 aliphatic heterocycles. The molecule has 0 aromatic heterocycles. The highest BCUT2D eigenvalue weighted by molar-refractivity contribution is 8.13. The number of hydrogen-bond donors (Lipinski definition) is 4. The molecule has 1 atom stereocenters. The van der Waals surface area contributed by atoms with Crippen LogP contribution in [0.2, 0.25) is 0 Å². The fraction of sp³-hybridized carbons (Fsp3) is 0.333. The van der Waals surface area contributed by atoms with Crippen molar-refractivity contribution in [3.05, 3.63) is 24.3 Å². The van der Waals surface area contributed by atoms with Gasteiger partial charge in [0.05, 0.1) is 0 Å². The predicted molar refractivity (Wildman–Crippen MR) is 119 cm³/mol. The van der Waals surface area contributed by atoms with Crippen LogP contribution in [-0.2, 0) is 14.4 Å². The van der Waals surface area contributed by atoms with Gasteiger partial charge in [0.25, 0.3) is 5.91 Å². The van der Waals surface area contributed by atoms with E-state index in [0.717, 1.165) is 0 Å². The molecule has 0 saturated carbocycles. The summed E-state index contributed by atoms with van der Waals surface area (Å²) in [4.78, 5) is 55.6. The summed E-state index contributed by atoms with van der Waals surface area (Å²) in [6.07, 6.45) is 0. The fourth-order valence-electron chi connectivity index (χ4n) is 1.94. The normalized spacial score (nSPS) is 12.5. The van der Waals surface area contributed by atoms with Crippen molar-refractivity contribution in [1.82, 2.24) is 10.2 Å². The highest BCUT2D eigenvalue weighted by Gasteiger charge is 2.22. The van der Waals surface area contributed by atoms with Gasteiger partial charge in [-0.25, -0.2) is 4.79 Å². The highest BCUT2D eigenvalue weighted by Crippen LogP contribution is 2.19. The topological polar surface area (TPSA) is 182 Å². The molecule has 3 amide bonds. The van der Waals surface area contributed by atoms with Crippen LogP contribution in [0.1, 0.15) is 13.8 Å². The van der Waals surface area contributed by atoms with Gasteiger partial charge in [0.15, 0.2) is 5.96 Å². The largest absolute Gasteiger partial charge is 0.418 e. The van der Waals surface area contributed by atoms with Crippen LogP contribution in [-0.4, -0.2) is 65.7 Å². The second-order valence-corrected chi connectivity index (χ2v) is 7.25. The summed E-state index contributed by atoms with van der Waals surface area (Å²) in [7, 11) is 3.26. The van der Waals surface area contributed by atoms with Crippen molar-refractivity contribution in [3.63, 3.8) is 0 Å². The molecule has 0 bridgehead atoms. The maximum Gasteiger partial charge on any atom is 0.372 e. The molecular formula is C18H25N7O5S. The van der Waals surface area contributed by atoms with Crippen LogP contribution in [0.4, 0.5) is 10.5 Å². The van der Waals surface area contributed by atoms with Crippen LogP contribution >= 0.6 is 11.8 Å². The van der Waals surface area contributed by atoms with Crippen molar-refractivity contribution < 1.29 is 23.9 Å². The monoisotopic (exact) mass is 451 g/mol. The van der Waals surface area contributed by atoms with Gasteiger partial charge in [-0.15, -0.1) is 0 Å². The summed E-state index contributed by atoms with van der Waals surface area (Å²) in [6.45, 7) is 2.59. The van der Waals surface area contributed by atoms with Gasteiger partial charge in [-0.2, -0.15) is 9.98 Å². The third-order valence-corrected chi connectivity index (χ3v) is 4.15. The first kappa shape index (κ1) is 25.4. The number of anilines is 1. The van der Waals surface area contributed by atoms with E-state index in [1.54, 1.807) is 26.2 Å². The summed E-state index contributed by atoms with van der Waals surface area (Å²) in [5.74, 6) is -1.79. The maximum atomic E-state index is 12.3. The average Bonchev–Trinajstić information content (AvgIpc) is 2.65. The van der Waals surface area contributed by atoms with E-state index in [1.165, 1.54) is 30.9 Å². The minimum Gasteiger partial charge on any atom is -0.418 e. The van der Waals surface area contributed by atoms with E-state index in [2.05, 4.69) is 20.6 Å². The van der Waals surface area contributed by atoms with Crippen molar-refractivity contribution in [2.75, 3.05) is 25.2 Å². The molecule has 13 heteroatoms. The predicted octanol–water partition coefficient (Wildman–Crippen LogP) is 0.0993. The molecule has 0 aliphatic rings. The zero-order chi connectivity index (χ0) is 23.6. The number of rotatable bonds is 6. The van der Waals surface area contributed by atoms with Crippen LogP contribution in [0, 0.1) is 0 Å². The molecule has 0 unspecified atom stereocenters. The average molecular weight is 452 g/mol. The van der Waals surface area contributed by atoms with E-state index in [4.69, 9.17) is 16.2 Å². The van der Waals surface area contributed by atoms with Crippen LogP contribution in [0.15, 0.2) is 34.3 Å². The Hall–Kier alpha value is -3.61. The van der Waals surface area contributed by atoms with E-state index in [-0.39, 0.29) is 23.4 Å². The first-order chi connectivity index (χ1) is 14.5. The lowest BCUT2D eigenvalue weighted by atomic mass is 10.3. The first-order valence-corrected chi connectivity index (χ1v) is 9.85. The van der Waals surface area contributed by atoms with Gasteiger partial charge in [-0.05, 0) is 36.0 Å². The lowest BCUT2D eigenvalue weighted by Gasteiger charge is -2.14. The molecule has 0 radical (unpaired) electrons. The molecule has 0 heterocycles. The number of ether oxygens (including phenoxy) is 1. The van der Waals surface area contributed by atoms with E-state index < -0.39 is 29.1 Å². The Kier molecular flexibility index (Phi) is 9.98. The summed E-state index contributed by atoms with van der Waals surface area (Å²) < 4.78 is 5.15. The number of carbonyl (C=O) groups excluding carboxylic acids is 4. The molecule has 12 nitrogen and oxygen atoms in total. The molecule has 0 spiro atoms. The molecular weight excluding hydrogens is 426 g/mol. The fourth-order valence-corrected chi connectivity index (χ4v) is 2.62. The van der Waals surface area contributed by atoms with Gasteiger partial charge >= 0.3 is 5.30 Å². The van der Waals surface area contributed by atoms with Gasteiger partial charge in [0.1, 0.15) is 11.8 Å². The van der Waals surface area contributed by atoms with Crippen molar-refractivity contribution in [1.29, 1.82) is 0 Å². The second kappa shape index (κ2) is 12.2. The van der Waals surface area contributed by atoms with Crippen molar-refractivity contribution in [2.45, 2.75) is 19.9 Å². The molecule has 0 fully saturated rings. The molecule has 31 heavy (non-hydrogen) atoms. The van der Waals surface area contributed by atoms with Crippen molar-refractivity contribution >= 4 is 52.4 Å². The number of carbonyl (C=O) groups is 4. The number of nitrogens with one attached hydrogen (secondary N) is 2. The number of aliphatic imine (C=N–C) groups is 2. The quantitative estimate of drug-likeness (QED) is 0.265. The Labute approximate surface area is 183 Å². The van der Waals surface area contributed by atoms with Crippen molar-refractivity contribution in [3.8, 4) is 5.75 Å². The molecule has 1 rings (SSSR count). The van der Waals surface area contributed by atoms with Gasteiger partial charge in [0.2, 0.25) is 17.8 Å². The second-order valence-electron chi connectivity index (χ2n) is 6.29. The standard InChI is InChI=1S/C18H25N7O5S/c1-10(26)21-12-5-7-13(8-6-12)30-18(29)31-9-14(22-11(2)27)15(28)23-16(19)24-17(20)25(3)4/h5-8,14H,9H2,1-4H3,(H,21,26)(H,22,27)(H4,19,20,23,24,28)/t14-/m1/s1. The number of nitrogens with zero attached hydrogens (tertiary/aromatic N) is 3. The maximum absolute atomic E-state index is 12.3. The number of thioether (sulfide) groups is 1. The Morgan fingerprint density at radius 1 is 1.06 bits per heavy atom. The number of guanidine groups is 2. The third-order valence-electron chi connectivity index (χ3n) is 3.33. The van der Waals surface area contributed by atoms with E-state index in [9.17, 15) is 19.2 Å². The van der Waals surface area contributed by atoms with Gasteiger partial charge in [0, 0.05) is 39.4 Å². The Morgan fingerprint density at radius 2 is 1.68 bits per heavy atom. The summed E-state index contributed by atoms with van der Waals surface area (Å²) in [6, 6.07) is 4.99. The minimum atomic E-state index is -1.13. The number of amides is 3. The van der Waals surface area contributed by atoms with E-state index in [1.807, 2.05) is 0 Å². The smallest absolute Gasteiger partial charge is 0.372 e. The Morgan fingerprint density at radius 3 is 2.19 bits per heavy atom. The molecule has 0 aliphatic carbocycles. The Bertz CT molecular complexity index is 884. The number of hydrogen-bond acceptors (Lipinski definition) is 6. The third kappa shape index (κ3) is 10.1. The van der Waals surface area contributed by atoms with Crippen LogP contribution < -0.4 is 26.8 Å². The molecule has 1 aromatic rings. The molecule has 0 saturated heterocycles. The minimum absolute atomic E-state index is 0.0348. The molecule has 6 N–H and O–H groups in total. The van der Waals surface area contributed by atoms with Crippen LogP contribution in [0.5, 0.6) is 5.75 Å². The SMILES string of the molecule is CC(=O)Nc1ccc(OC(=O)SC[C@@H](NC(C)=O)C(=O)N=C(N)N=C(N)N(C)C)cc1. The molecule has 168 valence electrons. The number of nitrogens with two attached hydrogens (primary N) is 2. The van der Waals surface area contributed by atoms with Crippen LogP contribution in [0.3, 0.4) is 0 Å². The lowest BCUT2D eigenvalue weighted by molar-refractivity contribution is -0.125. The summed E-state index contributed by atoms with van der Waals surface area (Å²) in [5, 5.41) is 4.27. The van der Waals surface area contributed by atoms with E-state index in [0.29, 0.717) is 17.4 Å². The molecule has 1 aromatic carbocycles. The Balaban J connectivity index is 2.74. The lowest BCUT2D eigenvalue weighted by Crippen LogP contribution is -2.42. The van der Waals surface area contributed by atoms with Crippen molar-refractivity contribution in [2.24, 2.45) is 21.5 Å². The summed E-state index contributed by atoms with van der Waals surface area (Å²) >= 11 is 0.665. The zero-order valence-electron chi connectivity index (χ0n) is 17.5. The van der Waals surface area contributed by atoms with Gasteiger partial charge < -0.3 is 31.7 Å². The summed E-state index contributed by atoms with van der Waals surface area (Å²) in [5.41, 5.74) is 11.7. The van der Waals surface area contributed by atoms with Gasteiger partial charge in [-0.1, -0.05) is 0 Å². The van der Waals surface area contributed by atoms with Crippen LogP contribution in [0.25, 0.3) is 0 Å². The highest BCUT2D eigenvalue weighted by atomic mass is 32.2. The first-order valence-electron chi connectivity index (χ1n) is 8.86. The zero-order valence-corrected chi connectivity index (χ0v) is 18.4.